The van der Waals surface area contributed by atoms with E-state index in [2.05, 4.69) is 27.7 Å². The van der Waals surface area contributed by atoms with Crippen molar-refractivity contribution in [3.05, 3.63) is 0 Å². The molecular weight excluding hydrogens is 484 g/mol. The summed E-state index contributed by atoms with van der Waals surface area (Å²) in [5.41, 5.74) is -0.251. The summed E-state index contributed by atoms with van der Waals surface area (Å²) in [6, 6.07) is 0. The predicted molar refractivity (Wildman–Crippen MR) is 139 cm³/mol. The molecule has 4 aliphatic carbocycles. The van der Waals surface area contributed by atoms with Gasteiger partial charge in [0.05, 0.1) is 25.6 Å². The number of hydrogen-bond acceptors (Lipinski definition) is 6. The van der Waals surface area contributed by atoms with Crippen LogP contribution in [0.2, 0.25) is 0 Å². The number of esters is 1. The van der Waals surface area contributed by atoms with Crippen LogP contribution >= 0.6 is 0 Å². The fourth-order valence-corrected chi connectivity index (χ4v) is 10.5. The van der Waals surface area contributed by atoms with Gasteiger partial charge in [0, 0.05) is 30.1 Å². The second-order valence-corrected chi connectivity index (χ2v) is 14.3. The average molecular weight is 531 g/mol. The third-order valence-electron chi connectivity index (χ3n) is 12.6. The molecule has 38 heavy (non-hydrogen) atoms. The molecule has 3 unspecified atom stereocenters. The molecular formula is C31H46O7. The molecule has 7 nitrogen and oxygen atoms in total. The van der Waals surface area contributed by atoms with Crippen LogP contribution in [0.1, 0.15) is 98.3 Å². The molecule has 1 N–H and O–H groups in total. The maximum atomic E-state index is 14.2. The van der Waals surface area contributed by atoms with E-state index >= 15 is 0 Å². The lowest BCUT2D eigenvalue weighted by atomic mass is 9.44. The topological polar surface area (TPSA) is 99.1 Å². The molecule has 0 bridgehead atoms. The molecule has 1 spiro atoms. The van der Waals surface area contributed by atoms with Gasteiger partial charge >= 0.3 is 11.9 Å². The van der Waals surface area contributed by atoms with Gasteiger partial charge in [-0.25, -0.2) is 0 Å². The Hall–Kier alpha value is -1.47. The SMILES string of the molecule is CC1CC[C@@]2(OC1)O[C@H]1CC3[C@@H]4CC[C@H]5C[C@H](OC(=O)CCC(=O)O)CC[C@]5(C)C4CC(=O)[C@]3(C)[C@H]1[C@@H]2C. The van der Waals surface area contributed by atoms with Crippen LogP contribution in [0.5, 0.6) is 0 Å². The molecule has 2 aliphatic heterocycles. The van der Waals surface area contributed by atoms with Crippen LogP contribution in [0.25, 0.3) is 0 Å². The molecule has 7 heteroatoms. The fourth-order valence-electron chi connectivity index (χ4n) is 10.5. The van der Waals surface area contributed by atoms with Crippen molar-refractivity contribution in [3.63, 3.8) is 0 Å². The highest BCUT2D eigenvalue weighted by atomic mass is 16.7. The normalized spacial score (nSPS) is 51.6. The molecule has 6 rings (SSSR count). The predicted octanol–water partition coefficient (Wildman–Crippen LogP) is 5.39. The molecule has 2 heterocycles. The standard InChI is InChI=1S/C31H46O7/c1-17-9-12-31(36-16-17)18(2)28-24(38-31)14-23-21-6-5-19-13-20(37-27(35)8-7-26(33)34)10-11-29(19,3)22(21)15-25(32)30(23,28)4/h17-24,28H,5-16H2,1-4H3,(H,33,34)/t17?,18-,19-,20+,21+,22?,23?,24-,28-,29-,30+,31+/m0/s1. The number of carboxylic acids is 1. The Labute approximate surface area is 226 Å². The van der Waals surface area contributed by atoms with Gasteiger partial charge in [-0.2, -0.15) is 0 Å². The van der Waals surface area contributed by atoms with Gasteiger partial charge in [-0.1, -0.05) is 27.7 Å². The van der Waals surface area contributed by atoms with Crippen molar-refractivity contribution in [2.75, 3.05) is 6.61 Å². The quantitative estimate of drug-likeness (QED) is 0.487. The maximum absolute atomic E-state index is 14.2. The largest absolute Gasteiger partial charge is 0.481 e. The van der Waals surface area contributed by atoms with E-state index in [1.165, 1.54) is 0 Å². The molecule has 0 amide bonds. The summed E-state index contributed by atoms with van der Waals surface area (Å²) in [5.74, 6) is 1.32. The second-order valence-electron chi connectivity index (χ2n) is 14.3. The minimum absolute atomic E-state index is 0.0680. The van der Waals surface area contributed by atoms with E-state index in [0.717, 1.165) is 58.0 Å². The molecule has 2 saturated heterocycles. The number of ketones is 1. The molecule has 0 aromatic rings. The van der Waals surface area contributed by atoms with Crippen molar-refractivity contribution in [1.82, 2.24) is 0 Å². The fraction of sp³-hybridized carbons (Fsp3) is 0.903. The lowest BCUT2D eigenvalue weighted by Gasteiger charge is -2.60. The molecule has 4 saturated carbocycles. The third-order valence-corrected chi connectivity index (χ3v) is 12.6. The van der Waals surface area contributed by atoms with Crippen LogP contribution in [0, 0.1) is 52.3 Å². The van der Waals surface area contributed by atoms with Gasteiger partial charge in [0.25, 0.3) is 0 Å². The van der Waals surface area contributed by atoms with E-state index in [1.54, 1.807) is 0 Å². The van der Waals surface area contributed by atoms with Crippen LogP contribution < -0.4 is 0 Å². The monoisotopic (exact) mass is 530 g/mol. The first-order chi connectivity index (χ1) is 18.0. The summed E-state index contributed by atoms with van der Waals surface area (Å²) >= 11 is 0. The first kappa shape index (κ1) is 26.7. The van der Waals surface area contributed by atoms with Gasteiger partial charge in [0.1, 0.15) is 11.9 Å². The van der Waals surface area contributed by atoms with Gasteiger partial charge in [-0.3, -0.25) is 14.4 Å². The number of fused-ring (bicyclic) bond motifs is 7. The number of carbonyl (C=O) groups excluding carboxylic acids is 2. The van der Waals surface area contributed by atoms with Crippen molar-refractivity contribution in [2.45, 2.75) is 116 Å². The lowest BCUT2D eigenvalue weighted by Crippen LogP contribution is -2.58. The molecule has 6 fully saturated rings. The Morgan fingerprint density at radius 3 is 2.53 bits per heavy atom. The third kappa shape index (κ3) is 3.92. The number of aliphatic carboxylic acids is 1. The zero-order valence-electron chi connectivity index (χ0n) is 23.6. The van der Waals surface area contributed by atoms with Crippen molar-refractivity contribution in [1.29, 1.82) is 0 Å². The highest BCUT2D eigenvalue weighted by molar-refractivity contribution is 5.87. The van der Waals surface area contributed by atoms with Crippen LogP contribution in [-0.4, -0.2) is 47.4 Å². The van der Waals surface area contributed by atoms with Gasteiger partial charge < -0.3 is 19.3 Å². The first-order valence-corrected chi connectivity index (χ1v) is 15.2. The molecule has 212 valence electrons. The van der Waals surface area contributed by atoms with Crippen LogP contribution in [0.3, 0.4) is 0 Å². The van der Waals surface area contributed by atoms with Gasteiger partial charge in [0.15, 0.2) is 5.79 Å². The Balaban J connectivity index is 1.17. The molecule has 0 aromatic carbocycles. The van der Waals surface area contributed by atoms with E-state index in [9.17, 15) is 14.4 Å². The molecule has 6 aliphatic rings. The first-order valence-electron chi connectivity index (χ1n) is 15.2. The maximum Gasteiger partial charge on any atom is 0.306 e. The summed E-state index contributed by atoms with van der Waals surface area (Å²) in [6.07, 6.45) is 8.25. The highest BCUT2D eigenvalue weighted by Crippen LogP contribution is 2.70. The highest BCUT2D eigenvalue weighted by Gasteiger charge is 2.71. The van der Waals surface area contributed by atoms with Crippen LogP contribution in [-0.2, 0) is 28.6 Å². The minimum atomic E-state index is -0.975. The number of Topliss-reactive ketones (excluding diaryl/α,β-unsaturated/α-hetero) is 1. The number of ether oxygens (including phenoxy) is 3. The average Bonchev–Trinajstić information content (AvgIpc) is 3.32. The Morgan fingerprint density at radius 1 is 1.03 bits per heavy atom. The number of rotatable bonds is 4. The number of hydrogen-bond donors (Lipinski definition) is 1. The molecule has 12 atom stereocenters. The van der Waals surface area contributed by atoms with E-state index in [1.807, 2.05) is 0 Å². The molecule has 0 aromatic heterocycles. The van der Waals surface area contributed by atoms with Gasteiger partial charge in [-0.15, -0.1) is 0 Å². The molecule has 0 radical (unpaired) electrons. The summed E-state index contributed by atoms with van der Waals surface area (Å²) in [6.45, 7) is 9.94. The zero-order chi connectivity index (χ0) is 27.0. The van der Waals surface area contributed by atoms with Crippen molar-refractivity contribution < 1.29 is 33.7 Å². The summed E-state index contributed by atoms with van der Waals surface area (Å²) in [5, 5.41) is 8.86. The van der Waals surface area contributed by atoms with Crippen molar-refractivity contribution in [3.8, 4) is 0 Å². The zero-order valence-corrected chi connectivity index (χ0v) is 23.6. The smallest absolute Gasteiger partial charge is 0.306 e. The number of carboxylic acid groups (broad SMARTS) is 1. The van der Waals surface area contributed by atoms with Gasteiger partial charge in [0.2, 0.25) is 0 Å². The van der Waals surface area contributed by atoms with Gasteiger partial charge in [-0.05, 0) is 80.0 Å². The van der Waals surface area contributed by atoms with Crippen molar-refractivity contribution >= 4 is 17.7 Å². The second kappa shape index (κ2) is 9.29. The minimum Gasteiger partial charge on any atom is -0.481 e. The van der Waals surface area contributed by atoms with Crippen molar-refractivity contribution in [2.24, 2.45) is 52.3 Å². The van der Waals surface area contributed by atoms with E-state index in [4.69, 9.17) is 19.3 Å². The van der Waals surface area contributed by atoms with E-state index in [0.29, 0.717) is 41.8 Å². The Morgan fingerprint density at radius 2 is 1.82 bits per heavy atom. The summed E-state index contributed by atoms with van der Waals surface area (Å²) in [7, 11) is 0. The summed E-state index contributed by atoms with van der Waals surface area (Å²) in [4.78, 5) is 37.2. The lowest BCUT2D eigenvalue weighted by molar-refractivity contribution is -0.272. The number of carbonyl (C=O) groups is 3. The van der Waals surface area contributed by atoms with E-state index in [-0.39, 0.29) is 47.7 Å². The van der Waals surface area contributed by atoms with Crippen LogP contribution in [0.15, 0.2) is 0 Å². The Bertz CT molecular complexity index is 985. The summed E-state index contributed by atoms with van der Waals surface area (Å²) < 4.78 is 18.9. The van der Waals surface area contributed by atoms with E-state index < -0.39 is 17.7 Å². The Kier molecular flexibility index (Phi) is 6.54. The van der Waals surface area contributed by atoms with Crippen LogP contribution in [0.4, 0.5) is 0 Å².